The summed E-state index contributed by atoms with van der Waals surface area (Å²) in [6.45, 7) is 0. The van der Waals surface area contributed by atoms with E-state index in [-0.39, 0.29) is 11.3 Å². The van der Waals surface area contributed by atoms with Gasteiger partial charge < -0.3 is 5.11 Å². The maximum Gasteiger partial charge on any atom is 0.357 e. The van der Waals surface area contributed by atoms with Gasteiger partial charge >= 0.3 is 5.97 Å². The zero-order chi connectivity index (χ0) is 14.8. The van der Waals surface area contributed by atoms with E-state index in [1.165, 1.54) is 11.3 Å². The molecule has 0 radical (unpaired) electrons. The van der Waals surface area contributed by atoms with Crippen LogP contribution in [-0.2, 0) is 9.59 Å². The van der Waals surface area contributed by atoms with Crippen molar-refractivity contribution in [3.63, 3.8) is 0 Å². The van der Waals surface area contributed by atoms with E-state index in [1.807, 2.05) is 23.6 Å². The minimum atomic E-state index is -1.22. The van der Waals surface area contributed by atoms with Crippen LogP contribution in [-0.4, -0.2) is 22.7 Å². The molecular weight excluding hydrogens is 288 g/mol. The normalized spacial score (nSPS) is 16.4. The summed E-state index contributed by atoms with van der Waals surface area (Å²) in [6.07, 6.45) is 1.56. The van der Waals surface area contributed by atoms with Gasteiger partial charge in [-0.1, -0.05) is 24.3 Å². The second kappa shape index (κ2) is 5.34. The van der Waals surface area contributed by atoms with Crippen LogP contribution in [0.2, 0.25) is 0 Å². The number of thiophene rings is 1. The highest BCUT2D eigenvalue weighted by molar-refractivity contribution is 7.10. The molecule has 0 unspecified atom stereocenters. The summed E-state index contributed by atoms with van der Waals surface area (Å²) in [4.78, 5) is 24.6. The average molecular weight is 298 g/mol. The maximum absolute atomic E-state index is 12.4. The lowest BCUT2D eigenvalue weighted by molar-refractivity contribution is -0.129. The highest BCUT2D eigenvalue weighted by atomic mass is 32.1. The van der Waals surface area contributed by atoms with Crippen molar-refractivity contribution < 1.29 is 14.7 Å². The van der Waals surface area contributed by atoms with Crippen LogP contribution in [0, 0.1) is 0 Å². The number of hydrazone groups is 1. The molecule has 0 aliphatic carbocycles. The average Bonchev–Trinajstić information content (AvgIpc) is 3.10. The topological polar surface area (TPSA) is 70.0 Å². The number of rotatable bonds is 3. The van der Waals surface area contributed by atoms with E-state index in [4.69, 9.17) is 0 Å². The molecule has 3 rings (SSSR count). The van der Waals surface area contributed by atoms with E-state index in [9.17, 15) is 14.7 Å². The first-order chi connectivity index (χ1) is 10.2. The lowest BCUT2D eigenvalue weighted by Gasteiger charge is -2.10. The number of anilines is 1. The number of carbonyl (C=O) groups excluding carboxylic acids is 1. The molecular formula is C15H10N2O3S. The van der Waals surface area contributed by atoms with Crippen LogP contribution in [0.1, 0.15) is 4.88 Å². The summed E-state index contributed by atoms with van der Waals surface area (Å²) in [5.41, 5.74) is 0.391. The molecule has 0 fully saturated rings. The van der Waals surface area contributed by atoms with Gasteiger partial charge in [0, 0.05) is 4.88 Å². The SMILES string of the molecule is O=C(O)C1=NN(c2ccccc2)C(=O)C1=Cc1cccs1. The van der Waals surface area contributed by atoms with Crippen molar-refractivity contribution in [2.75, 3.05) is 5.01 Å². The van der Waals surface area contributed by atoms with Crippen molar-refractivity contribution in [1.82, 2.24) is 0 Å². The number of carbonyl (C=O) groups is 2. The molecule has 0 saturated carbocycles. The Morgan fingerprint density at radius 1 is 1.19 bits per heavy atom. The van der Waals surface area contributed by atoms with Crippen molar-refractivity contribution in [3.8, 4) is 0 Å². The molecule has 0 saturated heterocycles. The summed E-state index contributed by atoms with van der Waals surface area (Å²) < 4.78 is 0. The van der Waals surface area contributed by atoms with Gasteiger partial charge in [-0.3, -0.25) is 4.79 Å². The third-order valence-electron chi connectivity index (χ3n) is 2.91. The Labute approximate surface area is 124 Å². The van der Waals surface area contributed by atoms with Crippen LogP contribution in [0.5, 0.6) is 0 Å². The van der Waals surface area contributed by atoms with Gasteiger partial charge in [-0.2, -0.15) is 10.1 Å². The zero-order valence-electron chi connectivity index (χ0n) is 10.8. The molecule has 1 aliphatic heterocycles. The van der Waals surface area contributed by atoms with Gasteiger partial charge in [0.05, 0.1) is 11.3 Å². The number of nitrogens with zero attached hydrogens (tertiary/aromatic N) is 2. The molecule has 1 aromatic carbocycles. The van der Waals surface area contributed by atoms with Gasteiger partial charge in [0.1, 0.15) is 0 Å². The number of hydrogen-bond acceptors (Lipinski definition) is 4. The molecule has 5 nitrogen and oxygen atoms in total. The lowest BCUT2D eigenvalue weighted by Crippen LogP contribution is -2.22. The Hall–Kier alpha value is -2.73. The minimum Gasteiger partial charge on any atom is -0.476 e. The van der Waals surface area contributed by atoms with Gasteiger partial charge in [-0.15, -0.1) is 11.3 Å². The largest absolute Gasteiger partial charge is 0.476 e. The molecule has 104 valence electrons. The van der Waals surface area contributed by atoms with Crippen molar-refractivity contribution in [3.05, 3.63) is 58.3 Å². The van der Waals surface area contributed by atoms with Gasteiger partial charge in [-0.05, 0) is 29.7 Å². The highest BCUT2D eigenvalue weighted by Crippen LogP contribution is 2.25. The second-order valence-electron chi connectivity index (χ2n) is 4.28. The van der Waals surface area contributed by atoms with Gasteiger partial charge in [-0.25, -0.2) is 4.79 Å². The second-order valence-corrected chi connectivity index (χ2v) is 5.26. The molecule has 0 bridgehead atoms. The first-order valence-electron chi connectivity index (χ1n) is 6.14. The molecule has 1 aromatic heterocycles. The predicted molar refractivity (Wildman–Crippen MR) is 81.3 cm³/mol. The standard InChI is InChI=1S/C15H10N2O3S/c18-14-12(9-11-7-4-8-21-11)13(15(19)20)16-17(14)10-5-2-1-3-6-10/h1-9H,(H,19,20). The Morgan fingerprint density at radius 2 is 1.95 bits per heavy atom. The Bertz CT molecular complexity index is 748. The number of carboxylic acid groups (broad SMARTS) is 1. The first-order valence-corrected chi connectivity index (χ1v) is 7.02. The molecule has 21 heavy (non-hydrogen) atoms. The van der Waals surface area contributed by atoms with E-state index in [0.29, 0.717) is 5.69 Å². The van der Waals surface area contributed by atoms with Gasteiger partial charge in [0.2, 0.25) is 0 Å². The Balaban J connectivity index is 2.05. The molecule has 0 atom stereocenters. The lowest BCUT2D eigenvalue weighted by atomic mass is 10.1. The molecule has 1 N–H and O–H groups in total. The molecule has 1 amide bonds. The van der Waals surface area contributed by atoms with E-state index in [0.717, 1.165) is 9.89 Å². The predicted octanol–water partition coefficient (Wildman–Crippen LogP) is 2.62. The van der Waals surface area contributed by atoms with Crippen molar-refractivity contribution in [2.24, 2.45) is 5.10 Å². The summed E-state index contributed by atoms with van der Waals surface area (Å²) >= 11 is 1.43. The Kier molecular flexibility index (Phi) is 3.37. The number of amides is 1. The first kappa shape index (κ1) is 13.3. The van der Waals surface area contributed by atoms with Crippen LogP contribution in [0.25, 0.3) is 6.08 Å². The third-order valence-corrected chi connectivity index (χ3v) is 3.73. The van der Waals surface area contributed by atoms with E-state index < -0.39 is 11.9 Å². The van der Waals surface area contributed by atoms with Crippen LogP contribution < -0.4 is 5.01 Å². The number of aliphatic carboxylic acids is 1. The fourth-order valence-electron chi connectivity index (χ4n) is 1.96. The quantitative estimate of drug-likeness (QED) is 0.885. The molecule has 2 aromatic rings. The molecule has 0 spiro atoms. The summed E-state index contributed by atoms with van der Waals surface area (Å²) in [7, 11) is 0. The van der Waals surface area contributed by atoms with Crippen molar-refractivity contribution in [1.29, 1.82) is 0 Å². The smallest absolute Gasteiger partial charge is 0.357 e. The van der Waals surface area contributed by atoms with Crippen molar-refractivity contribution >= 4 is 40.7 Å². The molecule has 1 aliphatic rings. The Morgan fingerprint density at radius 3 is 2.57 bits per heavy atom. The maximum atomic E-state index is 12.4. The number of hydrogen-bond donors (Lipinski definition) is 1. The molecule has 2 heterocycles. The number of para-hydroxylation sites is 1. The van der Waals surface area contributed by atoms with Crippen LogP contribution >= 0.6 is 11.3 Å². The molecule has 6 heteroatoms. The van der Waals surface area contributed by atoms with Crippen LogP contribution in [0.4, 0.5) is 5.69 Å². The van der Waals surface area contributed by atoms with Crippen LogP contribution in [0.15, 0.2) is 58.5 Å². The summed E-state index contributed by atoms with van der Waals surface area (Å²) in [5.74, 6) is -1.66. The van der Waals surface area contributed by atoms with E-state index in [2.05, 4.69) is 5.10 Å². The van der Waals surface area contributed by atoms with Gasteiger partial charge in [0.15, 0.2) is 5.71 Å². The van der Waals surface area contributed by atoms with Gasteiger partial charge in [0.25, 0.3) is 5.91 Å². The number of benzene rings is 1. The minimum absolute atomic E-state index is 0.0915. The zero-order valence-corrected chi connectivity index (χ0v) is 11.6. The monoisotopic (exact) mass is 298 g/mol. The third kappa shape index (κ3) is 2.48. The summed E-state index contributed by atoms with van der Waals surface area (Å²) in [5, 5.41) is 16.2. The van der Waals surface area contributed by atoms with Crippen molar-refractivity contribution in [2.45, 2.75) is 0 Å². The fraction of sp³-hybridized carbons (Fsp3) is 0. The van der Waals surface area contributed by atoms with Crippen LogP contribution in [0.3, 0.4) is 0 Å². The van der Waals surface area contributed by atoms with E-state index >= 15 is 0 Å². The highest BCUT2D eigenvalue weighted by Gasteiger charge is 2.35. The summed E-state index contributed by atoms with van der Waals surface area (Å²) in [6, 6.07) is 12.4. The fourth-order valence-corrected chi connectivity index (χ4v) is 2.62. The van der Waals surface area contributed by atoms with E-state index in [1.54, 1.807) is 30.3 Å². The number of carboxylic acids is 1.